The summed E-state index contributed by atoms with van der Waals surface area (Å²) in [4.78, 5) is 0. The van der Waals surface area contributed by atoms with Crippen LogP contribution in [0.15, 0.2) is 0 Å². The van der Waals surface area contributed by atoms with Gasteiger partial charge in [0.15, 0.2) is 0 Å². The van der Waals surface area contributed by atoms with E-state index in [0.717, 1.165) is 0 Å². The third kappa shape index (κ3) is 41.5. The Hall–Kier alpha value is 0. The highest BCUT2D eigenvalue weighted by Crippen LogP contribution is 2.27. The molecular weight excluding hydrogens is 324 g/mol. The minimum absolute atomic E-state index is 0. The van der Waals surface area contributed by atoms with Crippen molar-refractivity contribution in [2.24, 2.45) is 16.2 Å². The first kappa shape index (κ1) is 41.4. The highest BCUT2D eigenvalue weighted by Gasteiger charge is 2.13. The molecule has 27 heavy (non-hydrogen) atoms. The molecule has 0 heteroatoms. The summed E-state index contributed by atoms with van der Waals surface area (Å²) in [5.74, 6) is 0. The van der Waals surface area contributed by atoms with Gasteiger partial charge in [-0.15, -0.1) is 0 Å². The van der Waals surface area contributed by atoms with E-state index in [1.54, 1.807) is 0 Å². The molecule has 0 spiro atoms. The molecule has 0 saturated carbocycles. The lowest BCUT2D eigenvalue weighted by atomic mass is 9.85. The topological polar surface area (TPSA) is 0 Å². The summed E-state index contributed by atoms with van der Waals surface area (Å²) in [5, 5.41) is 0. The van der Waals surface area contributed by atoms with Crippen LogP contribution in [0, 0.1) is 16.2 Å². The fourth-order valence-electron chi connectivity index (χ4n) is 1.66. The SMILES string of the molecule is C.C.C.CCC(C)(C)C.CCCCC(C)(C)CC.CCCCC(C)(C)CC. The Labute approximate surface area is 179 Å². The van der Waals surface area contributed by atoms with Gasteiger partial charge in [0.05, 0.1) is 0 Å². The number of hydrogen-bond donors (Lipinski definition) is 0. The van der Waals surface area contributed by atoms with Crippen molar-refractivity contribution < 1.29 is 0 Å². The second kappa shape index (κ2) is 22.3. The van der Waals surface area contributed by atoms with Crippen molar-refractivity contribution in [1.82, 2.24) is 0 Å². The van der Waals surface area contributed by atoms with E-state index in [-0.39, 0.29) is 22.3 Å². The van der Waals surface area contributed by atoms with E-state index in [4.69, 9.17) is 0 Å². The van der Waals surface area contributed by atoms with Crippen LogP contribution in [-0.2, 0) is 0 Å². The Morgan fingerprint density at radius 1 is 0.444 bits per heavy atom. The zero-order valence-electron chi connectivity index (χ0n) is 19.9. The first-order valence-electron chi connectivity index (χ1n) is 10.8. The van der Waals surface area contributed by atoms with E-state index < -0.39 is 0 Å². The lowest BCUT2D eigenvalue weighted by Crippen LogP contribution is -2.08. The Bertz CT molecular complexity index is 219. The summed E-state index contributed by atoms with van der Waals surface area (Å²) < 4.78 is 0. The molecule has 0 atom stereocenters. The van der Waals surface area contributed by atoms with E-state index in [9.17, 15) is 0 Å². The average molecular weight is 391 g/mol. The van der Waals surface area contributed by atoms with Gasteiger partial charge < -0.3 is 0 Å². The lowest BCUT2D eigenvalue weighted by Gasteiger charge is -2.21. The van der Waals surface area contributed by atoms with Crippen LogP contribution < -0.4 is 0 Å². The summed E-state index contributed by atoms with van der Waals surface area (Å²) in [6.07, 6.45) is 12.1. The van der Waals surface area contributed by atoms with E-state index in [2.05, 4.69) is 83.1 Å². The minimum atomic E-state index is 0. The maximum absolute atomic E-state index is 2.35. The van der Waals surface area contributed by atoms with Crippen LogP contribution in [0.2, 0.25) is 0 Å². The van der Waals surface area contributed by atoms with Gasteiger partial charge in [0.2, 0.25) is 0 Å². The average Bonchev–Trinajstić information content (AvgIpc) is 2.51. The molecule has 0 rings (SSSR count). The monoisotopic (exact) mass is 391 g/mol. The third-order valence-corrected chi connectivity index (χ3v) is 5.39. The first-order chi connectivity index (χ1) is 10.8. The van der Waals surface area contributed by atoms with Gasteiger partial charge in [0.25, 0.3) is 0 Å². The van der Waals surface area contributed by atoms with Gasteiger partial charge in [-0.3, -0.25) is 0 Å². The molecule has 0 amide bonds. The predicted octanol–water partition coefficient (Wildman–Crippen LogP) is 11.6. The van der Waals surface area contributed by atoms with Crippen LogP contribution in [0.1, 0.15) is 163 Å². The molecule has 0 fully saturated rings. The van der Waals surface area contributed by atoms with Crippen molar-refractivity contribution in [2.75, 3.05) is 0 Å². The molecule has 0 aromatic carbocycles. The van der Waals surface area contributed by atoms with Gasteiger partial charge in [0, 0.05) is 0 Å². The summed E-state index contributed by atoms with van der Waals surface area (Å²) in [7, 11) is 0. The van der Waals surface area contributed by atoms with Crippen LogP contribution in [0.4, 0.5) is 0 Å². The van der Waals surface area contributed by atoms with Crippen LogP contribution >= 0.6 is 0 Å². The van der Waals surface area contributed by atoms with Crippen molar-refractivity contribution >= 4 is 0 Å². The number of hydrogen-bond acceptors (Lipinski definition) is 0. The van der Waals surface area contributed by atoms with Crippen molar-refractivity contribution in [2.45, 2.75) is 163 Å². The highest BCUT2D eigenvalue weighted by molar-refractivity contribution is 4.65. The summed E-state index contributed by atoms with van der Waals surface area (Å²) >= 11 is 0. The summed E-state index contributed by atoms with van der Waals surface area (Å²) in [6, 6.07) is 0. The van der Waals surface area contributed by atoms with E-state index >= 15 is 0 Å². The molecule has 0 aliphatic rings. The zero-order valence-corrected chi connectivity index (χ0v) is 19.9. The van der Waals surface area contributed by atoms with E-state index in [0.29, 0.717) is 16.2 Å². The Morgan fingerprint density at radius 2 is 0.667 bits per heavy atom. The van der Waals surface area contributed by atoms with Crippen molar-refractivity contribution in [3.05, 3.63) is 0 Å². The molecule has 0 bridgehead atoms. The Morgan fingerprint density at radius 3 is 0.778 bits per heavy atom. The normalized spacial score (nSPS) is 10.7. The maximum Gasteiger partial charge on any atom is -0.0357 e. The molecule has 0 saturated heterocycles. The molecule has 0 aromatic heterocycles. The molecule has 0 aliphatic heterocycles. The Kier molecular flexibility index (Phi) is 34.2. The molecule has 0 N–H and O–H groups in total. The standard InChI is InChI=1S/2C9H20.C6H14.3CH4/c2*1-5-7-8-9(3,4)6-2;1-5-6(2,3)4;;;/h2*5-8H2,1-4H3;5H2,1-4H3;3*1H4. The molecule has 0 unspecified atom stereocenters. The third-order valence-electron chi connectivity index (χ3n) is 5.39. The molecule has 174 valence electrons. The second-order valence-electron chi connectivity index (χ2n) is 10.2. The fraction of sp³-hybridized carbons (Fsp3) is 1.00. The van der Waals surface area contributed by atoms with Gasteiger partial charge >= 0.3 is 0 Å². The smallest absolute Gasteiger partial charge is 0.0357 e. The quantitative estimate of drug-likeness (QED) is 0.386. The maximum atomic E-state index is 2.35. The van der Waals surface area contributed by atoms with E-state index in [1.807, 2.05) is 0 Å². The van der Waals surface area contributed by atoms with Crippen molar-refractivity contribution in [1.29, 1.82) is 0 Å². The van der Waals surface area contributed by atoms with Gasteiger partial charge in [-0.25, -0.2) is 0 Å². The minimum Gasteiger partial charge on any atom is -0.0776 e. The second-order valence-corrected chi connectivity index (χ2v) is 10.2. The summed E-state index contributed by atoms with van der Waals surface area (Å²) in [6.45, 7) is 27.4. The molecule has 0 radical (unpaired) electrons. The van der Waals surface area contributed by atoms with Crippen LogP contribution in [-0.4, -0.2) is 0 Å². The van der Waals surface area contributed by atoms with Crippen molar-refractivity contribution in [3.63, 3.8) is 0 Å². The largest absolute Gasteiger partial charge is 0.0776 e. The van der Waals surface area contributed by atoms with Gasteiger partial charge in [-0.2, -0.15) is 0 Å². The van der Waals surface area contributed by atoms with Gasteiger partial charge in [-0.05, 0) is 29.1 Å². The molecule has 0 heterocycles. The van der Waals surface area contributed by atoms with Gasteiger partial charge in [0.1, 0.15) is 0 Å². The molecule has 0 aliphatic carbocycles. The Balaban J connectivity index is -0.0000000592. The fourth-order valence-corrected chi connectivity index (χ4v) is 1.66. The van der Waals surface area contributed by atoms with Gasteiger partial charge in [-0.1, -0.05) is 150 Å². The number of rotatable bonds is 8. The highest BCUT2D eigenvalue weighted by atomic mass is 14.2. The summed E-state index contributed by atoms with van der Waals surface area (Å²) in [5.41, 5.74) is 1.73. The van der Waals surface area contributed by atoms with Crippen LogP contribution in [0.25, 0.3) is 0 Å². The van der Waals surface area contributed by atoms with E-state index in [1.165, 1.54) is 57.8 Å². The molecule has 0 nitrogen and oxygen atoms in total. The predicted molar refractivity (Wildman–Crippen MR) is 137 cm³/mol. The van der Waals surface area contributed by atoms with Crippen LogP contribution in [0.5, 0.6) is 0 Å². The van der Waals surface area contributed by atoms with Crippen molar-refractivity contribution in [3.8, 4) is 0 Å². The first-order valence-corrected chi connectivity index (χ1v) is 10.8. The van der Waals surface area contributed by atoms with Crippen LogP contribution in [0.3, 0.4) is 0 Å². The number of unbranched alkanes of at least 4 members (excludes halogenated alkanes) is 2. The molecule has 0 aromatic rings. The lowest BCUT2D eigenvalue weighted by molar-refractivity contribution is 0.311. The zero-order chi connectivity index (χ0) is 19.9. The molecular formula is C27H66.